The number of ether oxygens (including phenoxy) is 1. The number of fused-ring (bicyclic) bond motifs is 1. The van der Waals surface area contributed by atoms with Crippen LogP contribution in [0.25, 0.3) is 0 Å². The molecule has 2 aliphatic rings. The highest BCUT2D eigenvalue weighted by atomic mass is 28.4. The van der Waals surface area contributed by atoms with Gasteiger partial charge in [0, 0.05) is 18.4 Å². The van der Waals surface area contributed by atoms with Crippen LogP contribution in [0.15, 0.2) is 0 Å². The van der Waals surface area contributed by atoms with Crippen molar-refractivity contribution < 1.29 is 14.0 Å². The van der Waals surface area contributed by atoms with E-state index in [1.807, 2.05) is 0 Å². The first-order valence-electron chi connectivity index (χ1n) is 6.93. The van der Waals surface area contributed by atoms with Gasteiger partial charge in [-0.05, 0) is 31.5 Å². The Hall–Kier alpha value is -0.353. The van der Waals surface area contributed by atoms with Crippen molar-refractivity contribution in [3.63, 3.8) is 0 Å². The minimum absolute atomic E-state index is 0.0340. The normalized spacial score (nSPS) is 36.7. The Kier molecular flexibility index (Phi) is 3.18. The molecule has 1 heterocycles. The van der Waals surface area contributed by atoms with Gasteiger partial charge in [0.15, 0.2) is 8.32 Å². The van der Waals surface area contributed by atoms with Crippen molar-refractivity contribution in [1.29, 1.82) is 0 Å². The molecule has 1 aliphatic carbocycles. The van der Waals surface area contributed by atoms with E-state index in [0.717, 1.165) is 12.8 Å². The third kappa shape index (κ3) is 2.37. The second-order valence-corrected chi connectivity index (χ2v) is 12.4. The summed E-state index contributed by atoms with van der Waals surface area (Å²) in [5.41, 5.74) is -0.260. The zero-order chi connectivity index (χ0) is 13.8. The van der Waals surface area contributed by atoms with Crippen molar-refractivity contribution in [2.24, 2.45) is 5.92 Å². The summed E-state index contributed by atoms with van der Waals surface area (Å²) in [5.74, 6) is 0.327. The van der Waals surface area contributed by atoms with Crippen LogP contribution in [-0.2, 0) is 14.0 Å². The van der Waals surface area contributed by atoms with E-state index in [9.17, 15) is 4.79 Å². The van der Waals surface area contributed by atoms with Gasteiger partial charge in [0.05, 0.1) is 6.42 Å². The smallest absolute Gasteiger partial charge is 0.306 e. The zero-order valence-corrected chi connectivity index (χ0v) is 13.5. The Morgan fingerprint density at radius 3 is 2.50 bits per heavy atom. The van der Waals surface area contributed by atoms with Gasteiger partial charge in [-0.2, -0.15) is 0 Å². The van der Waals surface area contributed by atoms with Crippen molar-refractivity contribution >= 4 is 14.3 Å². The van der Waals surface area contributed by atoms with Gasteiger partial charge in [-0.3, -0.25) is 4.79 Å². The number of hydrogen-bond acceptors (Lipinski definition) is 3. The largest absolute Gasteiger partial charge is 0.459 e. The lowest BCUT2D eigenvalue weighted by molar-refractivity contribution is -0.148. The minimum Gasteiger partial charge on any atom is -0.459 e. The highest BCUT2D eigenvalue weighted by Gasteiger charge is 2.54. The van der Waals surface area contributed by atoms with E-state index < -0.39 is 8.32 Å². The van der Waals surface area contributed by atoms with Crippen LogP contribution in [0.3, 0.4) is 0 Å². The Bertz CT molecular complexity index is 359. The van der Waals surface area contributed by atoms with Gasteiger partial charge >= 0.3 is 5.97 Å². The van der Waals surface area contributed by atoms with Crippen LogP contribution in [0.2, 0.25) is 18.1 Å². The molecule has 0 aromatic rings. The molecule has 4 heteroatoms. The van der Waals surface area contributed by atoms with Crippen LogP contribution >= 0.6 is 0 Å². The molecule has 0 N–H and O–H groups in total. The summed E-state index contributed by atoms with van der Waals surface area (Å²) < 4.78 is 11.9. The Morgan fingerprint density at radius 2 is 2.00 bits per heavy atom. The van der Waals surface area contributed by atoms with Gasteiger partial charge in [-0.25, -0.2) is 0 Å². The monoisotopic (exact) mass is 270 g/mol. The van der Waals surface area contributed by atoms with Gasteiger partial charge < -0.3 is 9.16 Å². The van der Waals surface area contributed by atoms with Gasteiger partial charge in [-0.1, -0.05) is 20.8 Å². The lowest BCUT2D eigenvalue weighted by atomic mass is 9.93. The number of carbonyl (C=O) groups excluding carboxylic acids is 1. The van der Waals surface area contributed by atoms with E-state index >= 15 is 0 Å². The molecule has 2 fully saturated rings. The predicted octanol–water partition coefficient (Wildman–Crippen LogP) is 3.49. The molecular weight excluding hydrogens is 244 g/mol. The molecule has 3 atom stereocenters. The highest BCUT2D eigenvalue weighted by molar-refractivity contribution is 6.74. The van der Waals surface area contributed by atoms with Crippen LogP contribution in [-0.4, -0.2) is 26.0 Å². The molecule has 0 unspecified atom stereocenters. The summed E-state index contributed by atoms with van der Waals surface area (Å²) in [6, 6.07) is 0. The second kappa shape index (κ2) is 4.07. The Balaban J connectivity index is 2.02. The van der Waals surface area contributed by atoms with Crippen molar-refractivity contribution in [1.82, 2.24) is 0 Å². The molecule has 0 spiro atoms. The van der Waals surface area contributed by atoms with Gasteiger partial charge in [0.25, 0.3) is 0 Å². The average Bonchev–Trinajstić information content (AvgIpc) is 2.50. The molecule has 0 aromatic carbocycles. The molecule has 0 bridgehead atoms. The zero-order valence-electron chi connectivity index (χ0n) is 12.5. The van der Waals surface area contributed by atoms with E-state index in [-0.39, 0.29) is 22.7 Å². The van der Waals surface area contributed by atoms with Crippen LogP contribution in [0.5, 0.6) is 0 Å². The maximum Gasteiger partial charge on any atom is 0.306 e. The molecule has 0 amide bonds. The summed E-state index contributed by atoms with van der Waals surface area (Å²) in [4.78, 5) is 11.4. The summed E-state index contributed by atoms with van der Waals surface area (Å²) in [5, 5.41) is 0.238. The quantitative estimate of drug-likeness (QED) is 0.569. The van der Waals surface area contributed by atoms with Crippen LogP contribution in [0.4, 0.5) is 0 Å². The average molecular weight is 270 g/mol. The molecule has 1 saturated carbocycles. The maximum absolute atomic E-state index is 11.4. The molecule has 18 heavy (non-hydrogen) atoms. The molecule has 2 rings (SSSR count). The number of esters is 1. The standard InChI is InChI=1S/C14H26O3Si/c1-13(2,3)18(5,6)17-11-7-10-8-12(15)16-14(10,4)9-11/h10-11H,7-9H2,1-6H3/t10-,11-,14-/m0/s1. The van der Waals surface area contributed by atoms with Crippen LogP contribution in [0, 0.1) is 5.92 Å². The lowest BCUT2D eigenvalue weighted by Gasteiger charge is -2.38. The minimum atomic E-state index is -1.71. The van der Waals surface area contributed by atoms with Gasteiger partial charge in [-0.15, -0.1) is 0 Å². The molecular formula is C14H26O3Si. The Morgan fingerprint density at radius 1 is 1.39 bits per heavy atom. The summed E-state index contributed by atoms with van der Waals surface area (Å²) in [6.07, 6.45) is 2.70. The van der Waals surface area contributed by atoms with Crippen LogP contribution < -0.4 is 0 Å². The summed E-state index contributed by atoms with van der Waals surface area (Å²) >= 11 is 0. The fraction of sp³-hybridized carbons (Fsp3) is 0.929. The lowest BCUT2D eigenvalue weighted by Crippen LogP contribution is -2.43. The van der Waals surface area contributed by atoms with E-state index in [0.29, 0.717) is 12.3 Å². The number of rotatable bonds is 2. The third-order valence-electron chi connectivity index (χ3n) is 5.07. The fourth-order valence-electron chi connectivity index (χ4n) is 2.88. The van der Waals surface area contributed by atoms with Crippen molar-refractivity contribution in [3.05, 3.63) is 0 Å². The predicted molar refractivity (Wildman–Crippen MR) is 73.9 cm³/mol. The topological polar surface area (TPSA) is 35.5 Å². The molecule has 1 aliphatic heterocycles. The van der Waals surface area contributed by atoms with Gasteiger partial charge in [0.1, 0.15) is 5.60 Å². The molecule has 104 valence electrons. The number of hydrogen-bond donors (Lipinski definition) is 0. The van der Waals surface area contributed by atoms with Crippen LogP contribution in [0.1, 0.15) is 47.0 Å². The molecule has 0 aromatic heterocycles. The second-order valence-electron chi connectivity index (χ2n) is 7.63. The molecule has 1 saturated heterocycles. The SMILES string of the molecule is CC(C)(C)[Si](C)(C)O[C@H]1C[C@H]2CC(=O)O[C@@]2(C)C1. The third-order valence-corrected chi connectivity index (χ3v) is 9.61. The summed E-state index contributed by atoms with van der Waals surface area (Å²) in [7, 11) is -1.71. The van der Waals surface area contributed by atoms with E-state index in [4.69, 9.17) is 9.16 Å². The van der Waals surface area contributed by atoms with Crippen molar-refractivity contribution in [2.75, 3.05) is 0 Å². The Labute approximate surface area is 111 Å². The first-order chi connectivity index (χ1) is 8.03. The molecule has 3 nitrogen and oxygen atoms in total. The first kappa shape index (κ1) is 14.1. The van der Waals surface area contributed by atoms with E-state index in [1.54, 1.807) is 0 Å². The first-order valence-corrected chi connectivity index (χ1v) is 9.84. The molecule has 0 radical (unpaired) electrons. The summed E-state index contributed by atoms with van der Waals surface area (Å²) in [6.45, 7) is 13.4. The fourth-order valence-corrected chi connectivity index (χ4v) is 4.25. The van der Waals surface area contributed by atoms with Gasteiger partial charge in [0.2, 0.25) is 0 Å². The van der Waals surface area contributed by atoms with E-state index in [2.05, 4.69) is 40.8 Å². The van der Waals surface area contributed by atoms with Crippen molar-refractivity contribution in [2.45, 2.75) is 76.8 Å². The van der Waals surface area contributed by atoms with Crippen molar-refractivity contribution in [3.8, 4) is 0 Å². The highest BCUT2D eigenvalue weighted by Crippen LogP contribution is 2.48. The van der Waals surface area contributed by atoms with E-state index in [1.165, 1.54) is 0 Å². The number of carbonyl (C=O) groups is 1. The maximum atomic E-state index is 11.4.